The first-order valence-electron chi connectivity index (χ1n) is 14.2. The average molecular weight is 439 g/mol. The third-order valence-corrected chi connectivity index (χ3v) is 6.34. The van der Waals surface area contributed by atoms with E-state index in [0.29, 0.717) is 6.42 Å². The van der Waals surface area contributed by atoms with Gasteiger partial charge in [-0.15, -0.1) is 0 Å². The molecule has 0 aliphatic heterocycles. The number of hydrogen-bond donors (Lipinski definition) is 1. The SMILES string of the molecule is CCCCCCCCCCCCCCCCCCCC(=O)NCCN(CCC)CCC. The van der Waals surface area contributed by atoms with Crippen molar-refractivity contribution < 1.29 is 4.79 Å². The van der Waals surface area contributed by atoms with Crippen molar-refractivity contribution in [3.05, 3.63) is 0 Å². The number of hydrogen-bond acceptors (Lipinski definition) is 2. The van der Waals surface area contributed by atoms with Crippen LogP contribution in [0.25, 0.3) is 0 Å². The lowest BCUT2D eigenvalue weighted by Crippen LogP contribution is -2.35. The zero-order valence-corrected chi connectivity index (χ0v) is 21.8. The molecule has 0 aliphatic rings. The Morgan fingerprint density at radius 1 is 0.516 bits per heavy atom. The van der Waals surface area contributed by atoms with Crippen molar-refractivity contribution in [2.24, 2.45) is 0 Å². The Morgan fingerprint density at radius 2 is 0.903 bits per heavy atom. The van der Waals surface area contributed by atoms with Gasteiger partial charge in [0.2, 0.25) is 5.91 Å². The summed E-state index contributed by atoms with van der Waals surface area (Å²) in [6.45, 7) is 10.8. The Balaban J connectivity index is 3.26. The minimum atomic E-state index is 0.244. The van der Waals surface area contributed by atoms with Crippen molar-refractivity contribution in [1.82, 2.24) is 10.2 Å². The molecule has 0 aliphatic carbocycles. The topological polar surface area (TPSA) is 32.3 Å². The fraction of sp³-hybridized carbons (Fsp3) is 0.964. The highest BCUT2D eigenvalue weighted by atomic mass is 16.1. The number of nitrogens with zero attached hydrogens (tertiary/aromatic N) is 1. The molecular weight excluding hydrogens is 380 g/mol. The van der Waals surface area contributed by atoms with Crippen molar-refractivity contribution in [2.75, 3.05) is 26.2 Å². The Bertz CT molecular complexity index is 353. The molecule has 31 heavy (non-hydrogen) atoms. The highest BCUT2D eigenvalue weighted by Crippen LogP contribution is 2.14. The van der Waals surface area contributed by atoms with Crippen LogP contribution in [0.15, 0.2) is 0 Å². The molecule has 0 spiro atoms. The van der Waals surface area contributed by atoms with E-state index < -0.39 is 0 Å². The van der Waals surface area contributed by atoms with Gasteiger partial charge in [-0.2, -0.15) is 0 Å². The molecule has 1 N–H and O–H groups in total. The Labute approximate surface area is 196 Å². The fourth-order valence-corrected chi connectivity index (χ4v) is 4.42. The maximum Gasteiger partial charge on any atom is 0.220 e. The van der Waals surface area contributed by atoms with Crippen LogP contribution in [0.3, 0.4) is 0 Å². The summed E-state index contributed by atoms with van der Waals surface area (Å²) in [6, 6.07) is 0. The number of carbonyl (C=O) groups is 1. The quantitative estimate of drug-likeness (QED) is 0.145. The van der Waals surface area contributed by atoms with Gasteiger partial charge in [0, 0.05) is 19.5 Å². The number of nitrogens with one attached hydrogen (secondary N) is 1. The number of unbranched alkanes of at least 4 members (excludes halogenated alkanes) is 16. The second-order valence-corrected chi connectivity index (χ2v) is 9.60. The minimum Gasteiger partial charge on any atom is -0.355 e. The molecule has 3 nitrogen and oxygen atoms in total. The van der Waals surface area contributed by atoms with Crippen LogP contribution in [0.1, 0.15) is 149 Å². The van der Waals surface area contributed by atoms with Crippen molar-refractivity contribution >= 4 is 5.91 Å². The van der Waals surface area contributed by atoms with E-state index in [-0.39, 0.29) is 5.91 Å². The molecule has 0 rings (SSSR count). The lowest BCUT2D eigenvalue weighted by atomic mass is 10.0. The molecule has 0 aromatic carbocycles. The first-order chi connectivity index (χ1) is 15.2. The van der Waals surface area contributed by atoms with E-state index in [1.165, 1.54) is 116 Å². The van der Waals surface area contributed by atoms with Crippen LogP contribution in [0, 0.1) is 0 Å². The zero-order chi connectivity index (χ0) is 22.8. The van der Waals surface area contributed by atoms with Crippen LogP contribution in [-0.2, 0) is 4.79 Å². The fourth-order valence-electron chi connectivity index (χ4n) is 4.42. The Hall–Kier alpha value is -0.570. The van der Waals surface area contributed by atoms with E-state index in [9.17, 15) is 4.79 Å². The molecule has 0 aromatic heterocycles. The third kappa shape index (κ3) is 23.9. The summed E-state index contributed by atoms with van der Waals surface area (Å²) in [7, 11) is 0. The Morgan fingerprint density at radius 3 is 1.29 bits per heavy atom. The number of amides is 1. The summed E-state index contributed by atoms with van der Waals surface area (Å²) in [4.78, 5) is 14.4. The van der Waals surface area contributed by atoms with Gasteiger partial charge in [-0.25, -0.2) is 0 Å². The monoisotopic (exact) mass is 438 g/mol. The van der Waals surface area contributed by atoms with Gasteiger partial charge in [0.05, 0.1) is 0 Å². The molecule has 0 unspecified atom stereocenters. The summed E-state index contributed by atoms with van der Waals surface area (Å²) < 4.78 is 0. The third-order valence-electron chi connectivity index (χ3n) is 6.34. The van der Waals surface area contributed by atoms with Gasteiger partial charge in [-0.1, -0.05) is 124 Å². The van der Waals surface area contributed by atoms with Crippen molar-refractivity contribution in [2.45, 2.75) is 149 Å². The lowest BCUT2D eigenvalue weighted by molar-refractivity contribution is -0.121. The Kier molecular flexibility index (Phi) is 25.2. The first kappa shape index (κ1) is 30.4. The molecule has 0 saturated heterocycles. The van der Waals surface area contributed by atoms with Crippen LogP contribution >= 0.6 is 0 Å². The van der Waals surface area contributed by atoms with Crippen LogP contribution < -0.4 is 5.32 Å². The summed E-state index contributed by atoms with van der Waals surface area (Å²) in [6.07, 6.45) is 26.6. The number of rotatable bonds is 25. The van der Waals surface area contributed by atoms with Crippen molar-refractivity contribution in [3.63, 3.8) is 0 Å². The van der Waals surface area contributed by atoms with E-state index in [1.54, 1.807) is 0 Å². The van der Waals surface area contributed by atoms with E-state index >= 15 is 0 Å². The molecule has 0 heterocycles. The molecule has 1 amide bonds. The molecule has 0 radical (unpaired) electrons. The van der Waals surface area contributed by atoms with Gasteiger partial charge in [-0.05, 0) is 32.4 Å². The minimum absolute atomic E-state index is 0.244. The molecule has 3 heteroatoms. The summed E-state index contributed by atoms with van der Waals surface area (Å²) >= 11 is 0. The second kappa shape index (κ2) is 25.7. The van der Waals surface area contributed by atoms with E-state index in [4.69, 9.17) is 0 Å². The van der Waals surface area contributed by atoms with E-state index in [1.807, 2.05) is 0 Å². The van der Waals surface area contributed by atoms with Gasteiger partial charge in [0.1, 0.15) is 0 Å². The molecule has 0 atom stereocenters. The largest absolute Gasteiger partial charge is 0.355 e. The summed E-state index contributed by atoms with van der Waals surface area (Å²) in [5.74, 6) is 0.244. The van der Waals surface area contributed by atoms with Gasteiger partial charge >= 0.3 is 0 Å². The molecule has 186 valence electrons. The smallest absolute Gasteiger partial charge is 0.220 e. The van der Waals surface area contributed by atoms with Crippen LogP contribution in [0.5, 0.6) is 0 Å². The lowest BCUT2D eigenvalue weighted by Gasteiger charge is -2.20. The van der Waals surface area contributed by atoms with Gasteiger partial charge in [0.15, 0.2) is 0 Å². The molecule has 0 saturated carbocycles. The maximum atomic E-state index is 12.0. The normalized spacial score (nSPS) is 11.4. The first-order valence-corrected chi connectivity index (χ1v) is 14.2. The zero-order valence-electron chi connectivity index (χ0n) is 21.8. The highest BCUT2D eigenvalue weighted by molar-refractivity contribution is 5.75. The van der Waals surface area contributed by atoms with Crippen molar-refractivity contribution in [3.8, 4) is 0 Å². The summed E-state index contributed by atoms with van der Waals surface area (Å²) in [5.41, 5.74) is 0. The van der Waals surface area contributed by atoms with Gasteiger partial charge < -0.3 is 10.2 Å². The summed E-state index contributed by atoms with van der Waals surface area (Å²) in [5, 5.41) is 3.10. The van der Waals surface area contributed by atoms with Crippen LogP contribution in [0.2, 0.25) is 0 Å². The predicted molar refractivity (Wildman–Crippen MR) is 139 cm³/mol. The predicted octanol–water partition coefficient (Wildman–Crippen LogP) is 8.27. The molecule has 0 bridgehead atoms. The van der Waals surface area contributed by atoms with E-state index in [0.717, 1.165) is 32.6 Å². The molecular formula is C28H58N2O. The van der Waals surface area contributed by atoms with Crippen molar-refractivity contribution in [1.29, 1.82) is 0 Å². The highest BCUT2D eigenvalue weighted by Gasteiger charge is 2.04. The molecule has 0 aromatic rings. The van der Waals surface area contributed by atoms with Gasteiger partial charge in [-0.3, -0.25) is 4.79 Å². The van der Waals surface area contributed by atoms with E-state index in [2.05, 4.69) is 31.0 Å². The second-order valence-electron chi connectivity index (χ2n) is 9.60. The molecule has 0 fully saturated rings. The van der Waals surface area contributed by atoms with Crippen LogP contribution in [-0.4, -0.2) is 37.0 Å². The number of carbonyl (C=O) groups excluding carboxylic acids is 1. The van der Waals surface area contributed by atoms with Gasteiger partial charge in [0.25, 0.3) is 0 Å². The van der Waals surface area contributed by atoms with Crippen LogP contribution in [0.4, 0.5) is 0 Å². The maximum absolute atomic E-state index is 12.0. The average Bonchev–Trinajstić information content (AvgIpc) is 2.76. The standard InChI is InChI=1S/C28H58N2O/c1-4-7-8-9-10-11-12-13-14-15-16-17-18-19-20-21-22-23-28(31)29-24-27-30(25-5-2)26-6-3/h4-27H2,1-3H3,(H,29,31).